The van der Waals surface area contributed by atoms with Crippen molar-refractivity contribution in [3.05, 3.63) is 65.5 Å². The first-order valence-corrected chi connectivity index (χ1v) is 6.95. The second-order valence-electron chi connectivity index (χ2n) is 4.99. The van der Waals surface area contributed by atoms with Crippen molar-refractivity contribution in [3.63, 3.8) is 0 Å². The second-order valence-corrected chi connectivity index (χ2v) is 4.99. The summed E-state index contributed by atoms with van der Waals surface area (Å²) in [6, 6.07) is 13.6. The van der Waals surface area contributed by atoms with Crippen molar-refractivity contribution in [2.24, 2.45) is 0 Å². The van der Waals surface area contributed by atoms with Crippen molar-refractivity contribution >= 4 is 0 Å². The molecule has 0 amide bonds. The van der Waals surface area contributed by atoms with E-state index >= 15 is 0 Å². The van der Waals surface area contributed by atoms with Gasteiger partial charge in [-0.15, -0.1) is 0 Å². The molecule has 0 bridgehead atoms. The minimum absolute atomic E-state index is 0.301. The lowest BCUT2D eigenvalue weighted by Gasteiger charge is -2.20. The molecule has 0 aliphatic carbocycles. The first-order valence-electron chi connectivity index (χ1n) is 6.95. The molecule has 19 heavy (non-hydrogen) atoms. The summed E-state index contributed by atoms with van der Waals surface area (Å²) in [7, 11) is 0. The number of rotatable bonds is 5. The van der Waals surface area contributed by atoms with Gasteiger partial charge in [0.1, 0.15) is 0 Å². The average molecular weight is 254 g/mol. The Hall–Kier alpha value is -1.67. The summed E-state index contributed by atoms with van der Waals surface area (Å²) < 4.78 is 0. The van der Waals surface area contributed by atoms with E-state index in [0.29, 0.717) is 12.1 Å². The van der Waals surface area contributed by atoms with Crippen LogP contribution in [-0.4, -0.2) is 4.98 Å². The van der Waals surface area contributed by atoms with Crippen molar-refractivity contribution in [3.8, 4) is 0 Å². The third-order valence-electron chi connectivity index (χ3n) is 3.57. The van der Waals surface area contributed by atoms with Gasteiger partial charge in [0.25, 0.3) is 0 Å². The summed E-state index contributed by atoms with van der Waals surface area (Å²) in [5, 5.41) is 3.61. The van der Waals surface area contributed by atoms with Crippen molar-refractivity contribution in [1.29, 1.82) is 0 Å². The van der Waals surface area contributed by atoms with Gasteiger partial charge in [-0.1, -0.05) is 37.3 Å². The number of aryl methyl sites for hydroxylation is 1. The van der Waals surface area contributed by atoms with Gasteiger partial charge in [0, 0.05) is 24.5 Å². The van der Waals surface area contributed by atoms with E-state index in [1.54, 1.807) is 0 Å². The molecule has 2 unspecified atom stereocenters. The lowest BCUT2D eigenvalue weighted by atomic mass is 10.0. The van der Waals surface area contributed by atoms with Gasteiger partial charge >= 0.3 is 0 Å². The summed E-state index contributed by atoms with van der Waals surface area (Å²) in [6.45, 7) is 6.56. The second kappa shape index (κ2) is 6.48. The molecule has 1 N–H and O–H groups in total. The third-order valence-corrected chi connectivity index (χ3v) is 3.57. The molecule has 1 aromatic heterocycles. The number of hydrogen-bond acceptors (Lipinski definition) is 2. The highest BCUT2D eigenvalue weighted by Gasteiger charge is 2.10. The molecule has 1 heterocycles. The van der Waals surface area contributed by atoms with Gasteiger partial charge in [0.15, 0.2) is 0 Å². The molecule has 2 rings (SSSR count). The number of pyridine rings is 1. The molecule has 0 saturated carbocycles. The van der Waals surface area contributed by atoms with Crippen molar-refractivity contribution in [2.75, 3.05) is 0 Å². The van der Waals surface area contributed by atoms with Crippen molar-refractivity contribution in [2.45, 2.75) is 39.3 Å². The Morgan fingerprint density at radius 2 is 1.68 bits per heavy atom. The van der Waals surface area contributed by atoms with E-state index in [4.69, 9.17) is 0 Å². The predicted molar refractivity (Wildman–Crippen MR) is 80.0 cm³/mol. The highest BCUT2D eigenvalue weighted by Crippen LogP contribution is 2.19. The van der Waals surface area contributed by atoms with E-state index in [0.717, 1.165) is 6.42 Å². The standard InChI is InChI=1S/C17H22N2/c1-4-15-7-9-16(10-8-15)13(2)19-14(3)17-6-5-11-18-12-17/h5-14,19H,4H2,1-3H3. The Kier molecular flexibility index (Phi) is 4.69. The van der Waals surface area contributed by atoms with Crippen LogP contribution in [0.5, 0.6) is 0 Å². The van der Waals surface area contributed by atoms with E-state index in [1.165, 1.54) is 16.7 Å². The summed E-state index contributed by atoms with van der Waals surface area (Å²) in [6.07, 6.45) is 4.82. The largest absolute Gasteiger partial charge is 0.304 e. The van der Waals surface area contributed by atoms with Crippen LogP contribution < -0.4 is 5.32 Å². The van der Waals surface area contributed by atoms with Gasteiger partial charge in [0.2, 0.25) is 0 Å². The molecule has 2 nitrogen and oxygen atoms in total. The molecule has 2 atom stereocenters. The van der Waals surface area contributed by atoms with Gasteiger partial charge < -0.3 is 5.32 Å². The maximum atomic E-state index is 4.17. The van der Waals surface area contributed by atoms with Crippen LogP contribution in [0.3, 0.4) is 0 Å². The van der Waals surface area contributed by atoms with Gasteiger partial charge in [-0.2, -0.15) is 0 Å². The Morgan fingerprint density at radius 1 is 1.00 bits per heavy atom. The quantitative estimate of drug-likeness (QED) is 0.870. The Bertz CT molecular complexity index is 490. The maximum Gasteiger partial charge on any atom is 0.0315 e. The van der Waals surface area contributed by atoms with Crippen molar-refractivity contribution in [1.82, 2.24) is 10.3 Å². The van der Waals surface area contributed by atoms with Crippen molar-refractivity contribution < 1.29 is 0 Å². The van der Waals surface area contributed by atoms with Gasteiger partial charge in [-0.25, -0.2) is 0 Å². The van der Waals surface area contributed by atoms with Crippen LogP contribution in [0, 0.1) is 0 Å². The fourth-order valence-corrected chi connectivity index (χ4v) is 2.24. The first-order chi connectivity index (χ1) is 9.20. The number of aromatic nitrogens is 1. The molecular weight excluding hydrogens is 232 g/mol. The van der Waals surface area contributed by atoms with E-state index in [2.05, 4.69) is 61.4 Å². The minimum atomic E-state index is 0.301. The lowest BCUT2D eigenvalue weighted by molar-refractivity contribution is 0.493. The average Bonchev–Trinajstić information content (AvgIpc) is 2.48. The zero-order valence-corrected chi connectivity index (χ0v) is 11.9. The number of hydrogen-bond donors (Lipinski definition) is 1. The summed E-state index contributed by atoms with van der Waals surface area (Å²) in [4.78, 5) is 4.17. The molecule has 0 fully saturated rings. The lowest BCUT2D eigenvalue weighted by Crippen LogP contribution is -2.22. The van der Waals surface area contributed by atoms with Crippen LogP contribution >= 0.6 is 0 Å². The summed E-state index contributed by atoms with van der Waals surface area (Å²) in [5.74, 6) is 0. The molecule has 100 valence electrons. The highest BCUT2D eigenvalue weighted by atomic mass is 14.9. The van der Waals surface area contributed by atoms with E-state index < -0.39 is 0 Å². The normalized spacial score (nSPS) is 14.1. The van der Waals surface area contributed by atoms with Gasteiger partial charge in [-0.05, 0) is 43.0 Å². The summed E-state index contributed by atoms with van der Waals surface area (Å²) >= 11 is 0. The van der Waals surface area contributed by atoms with Crippen LogP contribution in [0.4, 0.5) is 0 Å². The van der Waals surface area contributed by atoms with Crippen LogP contribution in [0.2, 0.25) is 0 Å². The molecule has 1 aromatic carbocycles. The maximum absolute atomic E-state index is 4.17. The van der Waals surface area contributed by atoms with E-state index in [9.17, 15) is 0 Å². The molecule has 0 spiro atoms. The topological polar surface area (TPSA) is 24.9 Å². The molecule has 0 saturated heterocycles. The van der Waals surface area contributed by atoms with Crippen LogP contribution in [0.25, 0.3) is 0 Å². The monoisotopic (exact) mass is 254 g/mol. The Morgan fingerprint density at radius 3 is 2.26 bits per heavy atom. The van der Waals surface area contributed by atoms with Crippen LogP contribution in [0.1, 0.15) is 49.5 Å². The number of nitrogens with one attached hydrogen (secondary N) is 1. The fourth-order valence-electron chi connectivity index (χ4n) is 2.24. The number of nitrogens with zero attached hydrogens (tertiary/aromatic N) is 1. The Balaban J connectivity index is 2.02. The Labute approximate surface area is 115 Å². The first kappa shape index (κ1) is 13.8. The van der Waals surface area contributed by atoms with Crippen LogP contribution in [-0.2, 0) is 6.42 Å². The SMILES string of the molecule is CCc1ccc(C(C)NC(C)c2cccnc2)cc1. The van der Waals surface area contributed by atoms with Gasteiger partial charge in [0.05, 0.1) is 0 Å². The predicted octanol–water partition coefficient (Wildman–Crippen LogP) is 4.06. The van der Waals surface area contributed by atoms with E-state index in [-0.39, 0.29) is 0 Å². The molecule has 2 heteroatoms. The zero-order chi connectivity index (χ0) is 13.7. The molecule has 0 radical (unpaired) electrons. The molecule has 2 aromatic rings. The smallest absolute Gasteiger partial charge is 0.0315 e. The summed E-state index contributed by atoms with van der Waals surface area (Å²) in [5.41, 5.74) is 3.93. The fraction of sp³-hybridized carbons (Fsp3) is 0.353. The molecular formula is C17H22N2. The van der Waals surface area contributed by atoms with E-state index in [1.807, 2.05) is 18.5 Å². The van der Waals surface area contributed by atoms with Crippen LogP contribution in [0.15, 0.2) is 48.8 Å². The number of benzene rings is 1. The zero-order valence-electron chi connectivity index (χ0n) is 11.9. The molecule has 0 aliphatic heterocycles. The van der Waals surface area contributed by atoms with Gasteiger partial charge in [-0.3, -0.25) is 4.98 Å². The molecule has 0 aliphatic rings. The highest BCUT2D eigenvalue weighted by molar-refractivity contribution is 5.25. The minimum Gasteiger partial charge on any atom is -0.304 e. The third kappa shape index (κ3) is 3.65.